The summed E-state index contributed by atoms with van der Waals surface area (Å²) in [4.78, 5) is 14.9. The lowest BCUT2D eigenvalue weighted by molar-refractivity contribution is -0.187. The Bertz CT molecular complexity index is 1440. The van der Waals surface area contributed by atoms with Gasteiger partial charge in [0, 0.05) is 42.6 Å². The fourth-order valence-electron chi connectivity index (χ4n) is 9.84. The number of phenolic OH excluding ortho intramolecular Hbond substituents is 2. The Kier molecular flexibility index (Phi) is 6.54. The predicted molar refractivity (Wildman–Crippen MR) is 161 cm³/mol. The van der Waals surface area contributed by atoms with Crippen molar-refractivity contribution in [1.29, 1.82) is 0 Å². The van der Waals surface area contributed by atoms with Gasteiger partial charge in [-0.2, -0.15) is 0 Å². The quantitative estimate of drug-likeness (QED) is 0.394. The summed E-state index contributed by atoms with van der Waals surface area (Å²) in [6.45, 7) is 7.66. The second kappa shape index (κ2) is 9.83. The third kappa shape index (κ3) is 3.72. The summed E-state index contributed by atoms with van der Waals surface area (Å²) in [5.74, 6) is 1.52. The average Bonchev–Trinajstić information content (AvgIpc) is 3.33. The highest BCUT2D eigenvalue weighted by molar-refractivity contribution is 5.90. The molecule has 42 heavy (non-hydrogen) atoms. The molecule has 4 aliphatic carbocycles. The van der Waals surface area contributed by atoms with E-state index in [4.69, 9.17) is 10.5 Å². The van der Waals surface area contributed by atoms with E-state index < -0.39 is 17.1 Å². The molecule has 7 heteroatoms. The second-order valence-electron chi connectivity index (χ2n) is 13.9. The molecule has 224 valence electrons. The number of carbonyl (C=O) groups excluding carboxylic acids is 1. The van der Waals surface area contributed by atoms with Crippen LogP contribution in [0.2, 0.25) is 0 Å². The van der Waals surface area contributed by atoms with Crippen LogP contribution in [0.3, 0.4) is 0 Å². The van der Waals surface area contributed by atoms with Crippen LogP contribution in [0.4, 0.5) is 0 Å². The molecule has 0 radical (unpaired) electrons. The number of phenols is 2. The van der Waals surface area contributed by atoms with Crippen LogP contribution in [-0.4, -0.2) is 62.9 Å². The van der Waals surface area contributed by atoms with Crippen LogP contribution in [-0.2, 0) is 28.5 Å². The molecule has 0 unspecified atom stereocenters. The first-order chi connectivity index (χ1) is 20.1. The number of aliphatic hydroxyl groups is 1. The van der Waals surface area contributed by atoms with Gasteiger partial charge in [-0.05, 0) is 79.3 Å². The molecule has 6 aliphatic rings. The number of carbonyl (C=O) groups is 1. The summed E-state index contributed by atoms with van der Waals surface area (Å²) >= 11 is 0. The van der Waals surface area contributed by atoms with E-state index in [9.17, 15) is 20.1 Å². The number of aromatic hydroxyl groups is 2. The molecular weight excluding hydrogens is 528 g/mol. The Morgan fingerprint density at radius 2 is 1.90 bits per heavy atom. The maximum atomic E-state index is 12.6. The molecule has 2 aromatic rings. The van der Waals surface area contributed by atoms with Crippen LogP contribution in [0, 0.1) is 5.92 Å². The number of piperidine rings is 1. The molecular formula is C35H44N2O5. The summed E-state index contributed by atoms with van der Waals surface area (Å²) < 4.78 is 5.98. The highest BCUT2D eigenvalue weighted by Crippen LogP contribution is 2.64. The van der Waals surface area contributed by atoms with E-state index in [0.29, 0.717) is 43.1 Å². The van der Waals surface area contributed by atoms with Gasteiger partial charge in [0.2, 0.25) is 0 Å². The Balaban J connectivity index is 0.000000143. The highest BCUT2D eigenvalue weighted by atomic mass is 16.5. The first kappa shape index (κ1) is 27.9. The van der Waals surface area contributed by atoms with Crippen molar-refractivity contribution < 1.29 is 24.9 Å². The van der Waals surface area contributed by atoms with E-state index in [1.54, 1.807) is 6.07 Å². The fourth-order valence-corrected chi connectivity index (χ4v) is 9.84. The minimum Gasteiger partial charge on any atom is -0.508 e. The van der Waals surface area contributed by atoms with Gasteiger partial charge >= 0.3 is 0 Å². The van der Waals surface area contributed by atoms with Crippen molar-refractivity contribution in [3.05, 3.63) is 65.2 Å². The van der Waals surface area contributed by atoms with Crippen molar-refractivity contribution >= 4 is 5.78 Å². The SMILES string of the molecule is C=CCN1CC[C@]23c4c5ccc(O)c4O[C@H]2C(=O)CC[C@@]3(O)[C@H]1C5.C[C@@]12CCCCC[C@@H](Cc3ccc(O)cc31)[C@@H]2N. The molecule has 2 aromatic carbocycles. The predicted octanol–water partition coefficient (Wildman–Crippen LogP) is 4.42. The lowest BCUT2D eigenvalue weighted by Gasteiger charge is -2.62. The van der Waals surface area contributed by atoms with Gasteiger partial charge in [-0.15, -0.1) is 6.58 Å². The maximum absolute atomic E-state index is 12.6. The Labute approximate surface area is 248 Å². The number of nitrogens with zero attached hydrogens (tertiary/aromatic N) is 1. The molecule has 7 atom stereocenters. The molecule has 1 spiro atoms. The topological polar surface area (TPSA) is 116 Å². The number of benzene rings is 2. The van der Waals surface area contributed by atoms with Crippen LogP contribution in [0.25, 0.3) is 0 Å². The van der Waals surface area contributed by atoms with Gasteiger partial charge in [-0.25, -0.2) is 0 Å². The van der Waals surface area contributed by atoms with Crippen molar-refractivity contribution in [2.24, 2.45) is 11.7 Å². The fraction of sp³-hybridized carbons (Fsp3) is 0.571. The number of ketones is 1. The summed E-state index contributed by atoms with van der Waals surface area (Å²) in [6, 6.07) is 9.63. The number of fused-ring (bicyclic) bond motifs is 4. The van der Waals surface area contributed by atoms with Crippen molar-refractivity contribution in [2.45, 2.75) is 106 Å². The normalized spacial score (nSPS) is 37.6. The number of Topliss-reactive ketones (excluding diaryl/α,β-unsaturated/α-hetero) is 1. The van der Waals surface area contributed by atoms with Gasteiger partial charge in [0.05, 0.1) is 11.0 Å². The molecule has 0 aromatic heterocycles. The zero-order valence-corrected chi connectivity index (χ0v) is 24.6. The maximum Gasteiger partial charge on any atom is 0.174 e. The average molecular weight is 573 g/mol. The lowest BCUT2D eigenvalue weighted by atomic mass is 9.49. The van der Waals surface area contributed by atoms with Crippen molar-refractivity contribution in [2.75, 3.05) is 13.1 Å². The summed E-state index contributed by atoms with van der Waals surface area (Å²) in [7, 11) is 0. The van der Waals surface area contributed by atoms with Crippen LogP contribution in [0.15, 0.2) is 43.0 Å². The number of likely N-dealkylation sites (tertiary alicyclic amines) is 1. The molecule has 0 amide bonds. The molecule has 7 nitrogen and oxygen atoms in total. The van der Waals surface area contributed by atoms with Gasteiger partial charge in [-0.3, -0.25) is 9.69 Å². The van der Waals surface area contributed by atoms with Crippen molar-refractivity contribution in [3.8, 4) is 17.2 Å². The second-order valence-corrected chi connectivity index (χ2v) is 13.9. The van der Waals surface area contributed by atoms with Crippen molar-refractivity contribution in [1.82, 2.24) is 4.90 Å². The van der Waals surface area contributed by atoms with E-state index in [1.807, 2.05) is 24.3 Å². The lowest BCUT2D eigenvalue weighted by Crippen LogP contribution is -2.76. The van der Waals surface area contributed by atoms with Crippen LogP contribution < -0.4 is 10.5 Å². The first-order valence-electron chi connectivity index (χ1n) is 15.8. The van der Waals surface area contributed by atoms with Gasteiger partial charge < -0.3 is 25.8 Å². The van der Waals surface area contributed by atoms with Gasteiger partial charge in [0.15, 0.2) is 23.4 Å². The van der Waals surface area contributed by atoms with Crippen LogP contribution in [0.5, 0.6) is 17.2 Å². The minimum atomic E-state index is -1.00. The summed E-state index contributed by atoms with van der Waals surface area (Å²) in [5.41, 5.74) is 9.59. The van der Waals surface area contributed by atoms with Gasteiger partial charge in [-0.1, -0.05) is 44.4 Å². The van der Waals surface area contributed by atoms with Crippen molar-refractivity contribution in [3.63, 3.8) is 0 Å². The van der Waals surface area contributed by atoms with Gasteiger partial charge in [0.25, 0.3) is 0 Å². The zero-order chi connectivity index (χ0) is 29.4. The number of nitrogens with two attached hydrogens (primary N) is 1. The monoisotopic (exact) mass is 572 g/mol. The van der Waals surface area contributed by atoms with E-state index in [1.165, 1.54) is 36.8 Å². The summed E-state index contributed by atoms with van der Waals surface area (Å²) in [6.07, 6.45) is 10.8. The van der Waals surface area contributed by atoms with E-state index in [-0.39, 0.29) is 29.0 Å². The Hall–Kier alpha value is -2.87. The third-order valence-corrected chi connectivity index (χ3v) is 11.9. The largest absolute Gasteiger partial charge is 0.508 e. The van der Waals surface area contributed by atoms with E-state index in [0.717, 1.165) is 37.1 Å². The number of rotatable bonds is 2. The molecule has 2 saturated carbocycles. The van der Waals surface area contributed by atoms with Crippen LogP contribution >= 0.6 is 0 Å². The molecule has 1 saturated heterocycles. The summed E-state index contributed by atoms with van der Waals surface area (Å²) in [5, 5.41) is 31.9. The highest BCUT2D eigenvalue weighted by Gasteiger charge is 2.73. The van der Waals surface area contributed by atoms with Gasteiger partial charge in [0.1, 0.15) is 5.75 Å². The molecule has 3 fully saturated rings. The molecule has 8 rings (SSSR count). The standard InChI is InChI=1S/C19H21NO4.C16H23NO/c1-2-8-20-9-7-18-15-11-3-4-12(21)16(15)24-17(18)13(22)5-6-19(18,23)14(20)10-11;1-16-8-4-2-3-5-12(15(16)17)9-11-6-7-13(18)10-14(11)16/h2-4,14,17,21,23H,1,5-10H2;6-7,10,12,15,18H,2-5,8-9,17H2,1H3/t14-,17+,18+,19-;12-,15-,16+/m10/s1. The van der Waals surface area contributed by atoms with E-state index in [2.05, 4.69) is 24.5 Å². The smallest absolute Gasteiger partial charge is 0.174 e. The number of hydrogen-bond acceptors (Lipinski definition) is 7. The number of ether oxygens (including phenoxy) is 1. The Morgan fingerprint density at radius 1 is 1.10 bits per heavy atom. The minimum absolute atomic E-state index is 0.0408. The third-order valence-electron chi connectivity index (χ3n) is 11.9. The number of hydrogen-bond donors (Lipinski definition) is 4. The molecule has 4 bridgehead atoms. The zero-order valence-electron chi connectivity index (χ0n) is 24.6. The van der Waals surface area contributed by atoms with E-state index >= 15 is 0 Å². The van der Waals surface area contributed by atoms with Crippen LogP contribution in [0.1, 0.15) is 80.5 Å². The Morgan fingerprint density at radius 3 is 2.71 bits per heavy atom. The molecule has 2 heterocycles. The molecule has 5 N–H and O–H groups in total. The molecule has 2 aliphatic heterocycles. The first-order valence-corrected chi connectivity index (χ1v) is 15.8.